The third-order valence-electron chi connectivity index (χ3n) is 9.42. The average Bonchev–Trinajstić information content (AvgIpc) is 3.53. The van der Waals surface area contributed by atoms with Crippen molar-refractivity contribution >= 4 is 17.8 Å². The number of amides is 4. The molecule has 2 N–H and O–H groups in total. The molecule has 2 aromatic rings. The van der Waals surface area contributed by atoms with Crippen molar-refractivity contribution in [1.82, 2.24) is 24.5 Å². The van der Waals surface area contributed by atoms with Crippen LogP contribution in [0.4, 0.5) is 18.0 Å². The second kappa shape index (κ2) is 11.3. The van der Waals surface area contributed by atoms with E-state index in [0.29, 0.717) is 76.8 Å². The summed E-state index contributed by atoms with van der Waals surface area (Å²) in [5.74, 6) is -0.527. The van der Waals surface area contributed by atoms with Gasteiger partial charge in [0.1, 0.15) is 0 Å². The molecule has 1 aromatic heterocycles. The summed E-state index contributed by atoms with van der Waals surface area (Å²) in [6, 6.07) is 4.94. The molecule has 3 aliphatic heterocycles. The molecule has 4 heterocycles. The average molecular weight is 587 g/mol. The van der Waals surface area contributed by atoms with Crippen LogP contribution in [0, 0.1) is 5.92 Å². The third-order valence-corrected chi connectivity index (χ3v) is 9.42. The Morgan fingerprint density at radius 3 is 2.12 bits per heavy atom. The summed E-state index contributed by atoms with van der Waals surface area (Å²) in [6.45, 7) is 2.58. The van der Waals surface area contributed by atoms with Gasteiger partial charge in [-0.2, -0.15) is 18.3 Å². The first kappa shape index (κ1) is 28.5. The maximum atomic E-state index is 13.9. The fourth-order valence-electron chi connectivity index (χ4n) is 6.98. The van der Waals surface area contributed by atoms with Crippen molar-refractivity contribution in [2.45, 2.75) is 75.5 Å². The zero-order valence-electron chi connectivity index (χ0n) is 23.6. The smallest absolute Gasteiger partial charge is 0.369 e. The number of carbonyl (C=O) groups is 3. The second-order valence-corrected chi connectivity index (χ2v) is 12.1. The Morgan fingerprint density at radius 1 is 0.857 bits per heavy atom. The van der Waals surface area contributed by atoms with Gasteiger partial charge in [0.15, 0.2) is 0 Å². The van der Waals surface area contributed by atoms with Crippen molar-refractivity contribution < 1.29 is 27.6 Å². The van der Waals surface area contributed by atoms with Crippen LogP contribution in [0.15, 0.2) is 30.5 Å². The predicted octanol–water partition coefficient (Wildman–Crippen LogP) is 4.71. The van der Waals surface area contributed by atoms with Gasteiger partial charge in [-0.25, -0.2) is 4.79 Å². The van der Waals surface area contributed by atoms with Crippen LogP contribution in [0.3, 0.4) is 0 Å². The molecule has 4 amide bonds. The Kier molecular flexibility index (Phi) is 7.65. The molecule has 3 saturated heterocycles. The minimum atomic E-state index is -4.49. The molecule has 0 radical (unpaired) electrons. The largest absolute Gasteiger partial charge is 0.416 e. The van der Waals surface area contributed by atoms with E-state index in [9.17, 15) is 27.6 Å². The lowest BCUT2D eigenvalue weighted by Gasteiger charge is -2.38. The van der Waals surface area contributed by atoms with Crippen molar-refractivity contribution in [3.63, 3.8) is 0 Å². The zero-order valence-corrected chi connectivity index (χ0v) is 23.6. The fourth-order valence-corrected chi connectivity index (χ4v) is 6.98. The summed E-state index contributed by atoms with van der Waals surface area (Å²) < 4.78 is 43.4. The molecule has 1 saturated carbocycles. The monoisotopic (exact) mass is 586 g/mol. The first-order valence-corrected chi connectivity index (χ1v) is 15.0. The highest BCUT2D eigenvalue weighted by atomic mass is 19.4. The summed E-state index contributed by atoms with van der Waals surface area (Å²) in [4.78, 5) is 43.8. The van der Waals surface area contributed by atoms with E-state index in [1.54, 1.807) is 22.1 Å². The van der Waals surface area contributed by atoms with Gasteiger partial charge < -0.3 is 20.4 Å². The van der Waals surface area contributed by atoms with Gasteiger partial charge in [-0.05, 0) is 63.0 Å². The number of piperidine rings is 2. The topological polar surface area (TPSA) is 105 Å². The van der Waals surface area contributed by atoms with Gasteiger partial charge in [0.2, 0.25) is 5.91 Å². The summed E-state index contributed by atoms with van der Waals surface area (Å²) in [6.07, 6.45) is 2.71. The van der Waals surface area contributed by atoms with E-state index in [-0.39, 0.29) is 41.3 Å². The highest BCUT2D eigenvalue weighted by Gasteiger charge is 2.42. The molecule has 1 aliphatic carbocycles. The van der Waals surface area contributed by atoms with E-state index < -0.39 is 17.8 Å². The standard InChI is InChI=1S/C30H37F3N6O3/c31-30(32,33)24-5-2-1-4-22(24)25-6-3-13-38(25)28(41)23-18-35-39(26(23)19-7-8-19)21-11-16-37(17-12-21)29(42)36-14-9-20(10-15-36)27(34)40/h1-2,4-5,18-21,25H,3,6-17H2,(H2,34,40). The normalized spacial score (nSPS) is 22.5. The number of likely N-dealkylation sites (tertiary alicyclic amines) is 3. The number of nitrogens with two attached hydrogens (primary N) is 1. The SMILES string of the molecule is NC(=O)C1CCN(C(=O)N2CCC(n3ncc(C(=O)N4CCCC4c4ccccc4C(F)(F)F)c3C3CC3)CC2)CC1. The van der Waals surface area contributed by atoms with Crippen molar-refractivity contribution in [3.05, 3.63) is 52.8 Å². The number of primary amides is 1. The lowest BCUT2D eigenvalue weighted by atomic mass is 9.96. The van der Waals surface area contributed by atoms with Crippen LogP contribution in [0.2, 0.25) is 0 Å². The Hall–Kier alpha value is -3.57. The van der Waals surface area contributed by atoms with Gasteiger partial charge in [-0.1, -0.05) is 18.2 Å². The molecule has 1 atom stereocenters. The van der Waals surface area contributed by atoms with Crippen LogP contribution < -0.4 is 5.73 Å². The Morgan fingerprint density at radius 2 is 1.50 bits per heavy atom. The molecule has 6 rings (SSSR count). The number of nitrogens with zero attached hydrogens (tertiary/aromatic N) is 5. The second-order valence-electron chi connectivity index (χ2n) is 12.1. The lowest BCUT2D eigenvalue weighted by molar-refractivity contribution is -0.138. The van der Waals surface area contributed by atoms with Crippen molar-refractivity contribution in [1.29, 1.82) is 0 Å². The van der Waals surface area contributed by atoms with Gasteiger partial charge in [0, 0.05) is 44.6 Å². The van der Waals surface area contributed by atoms with Gasteiger partial charge in [0.05, 0.1) is 35.1 Å². The number of benzene rings is 1. The molecule has 4 fully saturated rings. The molecule has 12 heteroatoms. The number of aromatic nitrogens is 2. The number of halogens is 3. The fraction of sp³-hybridized carbons (Fsp3) is 0.600. The van der Waals surface area contributed by atoms with Gasteiger partial charge >= 0.3 is 12.2 Å². The Balaban J connectivity index is 1.16. The van der Waals surface area contributed by atoms with Crippen LogP contribution in [0.1, 0.15) is 96.5 Å². The summed E-state index contributed by atoms with van der Waals surface area (Å²) in [7, 11) is 0. The van der Waals surface area contributed by atoms with Gasteiger partial charge in [-0.3, -0.25) is 14.3 Å². The summed E-state index contributed by atoms with van der Waals surface area (Å²) in [5.41, 5.74) is 6.25. The van der Waals surface area contributed by atoms with Crippen molar-refractivity contribution in [3.8, 4) is 0 Å². The molecule has 0 spiro atoms. The molecule has 1 aromatic carbocycles. The van der Waals surface area contributed by atoms with Gasteiger partial charge in [0.25, 0.3) is 5.91 Å². The Bertz CT molecular complexity index is 1340. The molecule has 0 bridgehead atoms. The number of hydrogen-bond acceptors (Lipinski definition) is 4. The van der Waals surface area contributed by atoms with Crippen LogP contribution >= 0.6 is 0 Å². The van der Waals surface area contributed by atoms with Crippen LogP contribution in [0.5, 0.6) is 0 Å². The van der Waals surface area contributed by atoms with E-state index >= 15 is 0 Å². The highest BCUT2D eigenvalue weighted by molar-refractivity contribution is 5.96. The molecular weight excluding hydrogens is 549 g/mol. The van der Waals surface area contributed by atoms with E-state index in [4.69, 9.17) is 5.73 Å². The van der Waals surface area contributed by atoms with E-state index in [1.165, 1.54) is 12.1 Å². The third kappa shape index (κ3) is 5.47. The first-order chi connectivity index (χ1) is 20.1. The Labute approximate surface area is 242 Å². The van der Waals surface area contributed by atoms with Crippen LogP contribution in [-0.2, 0) is 11.0 Å². The predicted molar refractivity (Wildman–Crippen MR) is 147 cm³/mol. The first-order valence-electron chi connectivity index (χ1n) is 15.0. The number of rotatable bonds is 5. The minimum Gasteiger partial charge on any atom is -0.369 e. The van der Waals surface area contributed by atoms with Crippen molar-refractivity contribution in [2.24, 2.45) is 11.7 Å². The van der Waals surface area contributed by atoms with Crippen LogP contribution in [-0.4, -0.2) is 75.0 Å². The lowest BCUT2D eigenvalue weighted by Crippen LogP contribution is -2.50. The molecule has 1 unspecified atom stereocenters. The number of urea groups is 1. The van der Waals surface area contributed by atoms with Crippen molar-refractivity contribution in [2.75, 3.05) is 32.7 Å². The van der Waals surface area contributed by atoms with E-state index in [0.717, 1.165) is 24.6 Å². The number of carbonyl (C=O) groups excluding carboxylic acids is 3. The maximum Gasteiger partial charge on any atom is 0.416 e. The van der Waals surface area contributed by atoms with Crippen LogP contribution in [0.25, 0.3) is 0 Å². The maximum absolute atomic E-state index is 13.9. The van der Waals surface area contributed by atoms with E-state index in [1.807, 2.05) is 9.58 Å². The summed E-state index contributed by atoms with van der Waals surface area (Å²) >= 11 is 0. The van der Waals surface area contributed by atoms with E-state index in [2.05, 4.69) is 5.10 Å². The summed E-state index contributed by atoms with van der Waals surface area (Å²) in [5, 5.41) is 4.66. The minimum absolute atomic E-state index is 0.0191. The quantitative estimate of drug-likeness (QED) is 0.548. The van der Waals surface area contributed by atoms with Gasteiger partial charge in [-0.15, -0.1) is 0 Å². The molecule has 9 nitrogen and oxygen atoms in total. The highest BCUT2D eigenvalue weighted by Crippen LogP contribution is 2.45. The number of hydrogen-bond donors (Lipinski definition) is 1. The molecule has 226 valence electrons. The zero-order chi connectivity index (χ0) is 29.6. The molecular formula is C30H37F3N6O3. The molecule has 4 aliphatic rings. The number of alkyl halides is 3. The molecule has 42 heavy (non-hydrogen) atoms.